The van der Waals surface area contributed by atoms with Gasteiger partial charge in [0.05, 0.1) is 23.7 Å². The van der Waals surface area contributed by atoms with Crippen LogP contribution in [0.1, 0.15) is 12.5 Å². The van der Waals surface area contributed by atoms with Crippen molar-refractivity contribution in [2.45, 2.75) is 13.8 Å². The topological polar surface area (TPSA) is 47.3 Å². The minimum atomic E-state index is -0.629. The molecule has 0 radical (unpaired) electrons. The second kappa shape index (κ2) is 5.95. The van der Waals surface area contributed by atoms with Gasteiger partial charge in [0.25, 0.3) is 0 Å². The molecule has 0 heterocycles. The Hall–Kier alpha value is -2.37. The smallest absolute Gasteiger partial charge is 0.167 e. The molecular weight excluding hydrogens is 281 g/mol. The molecule has 0 fully saturated rings. The summed E-state index contributed by atoms with van der Waals surface area (Å²) in [4.78, 5) is 0. The Morgan fingerprint density at radius 2 is 1.71 bits per heavy atom. The fourth-order valence-corrected chi connectivity index (χ4v) is 1.83. The number of anilines is 3. The van der Waals surface area contributed by atoms with Gasteiger partial charge in [0.2, 0.25) is 0 Å². The summed E-state index contributed by atoms with van der Waals surface area (Å²) in [5.74, 6) is -1.81. The van der Waals surface area contributed by atoms with Crippen molar-refractivity contribution >= 4 is 17.1 Å². The summed E-state index contributed by atoms with van der Waals surface area (Å²) in [7, 11) is 0. The molecule has 0 aliphatic rings. The Bertz CT molecular complexity index is 674. The number of hydrogen-bond donors (Lipinski definition) is 2. The fraction of sp³-hybridized carbons (Fsp3) is 0.200. The van der Waals surface area contributed by atoms with Crippen LogP contribution in [0.2, 0.25) is 0 Å². The van der Waals surface area contributed by atoms with Crippen LogP contribution in [0.15, 0.2) is 24.3 Å². The summed E-state index contributed by atoms with van der Waals surface area (Å²) >= 11 is 0. The zero-order valence-electron chi connectivity index (χ0n) is 11.6. The van der Waals surface area contributed by atoms with Gasteiger partial charge in [0.15, 0.2) is 11.6 Å². The third-order valence-corrected chi connectivity index (χ3v) is 2.92. The number of nitrogen functional groups attached to an aromatic ring is 1. The molecule has 3 nitrogen and oxygen atoms in total. The van der Waals surface area contributed by atoms with Gasteiger partial charge in [0, 0.05) is 18.2 Å². The largest absolute Gasteiger partial charge is 0.491 e. The van der Waals surface area contributed by atoms with Gasteiger partial charge in [-0.3, -0.25) is 0 Å². The molecular formula is C15H15F3N2O. The van der Waals surface area contributed by atoms with E-state index in [2.05, 4.69) is 5.32 Å². The molecule has 0 saturated heterocycles. The van der Waals surface area contributed by atoms with Gasteiger partial charge in [-0.1, -0.05) is 0 Å². The van der Waals surface area contributed by atoms with Gasteiger partial charge in [-0.25, -0.2) is 13.2 Å². The predicted molar refractivity (Wildman–Crippen MR) is 76.4 cm³/mol. The highest BCUT2D eigenvalue weighted by Gasteiger charge is 2.12. The lowest BCUT2D eigenvalue weighted by Crippen LogP contribution is -2.03. The molecule has 2 rings (SSSR count). The molecule has 0 saturated carbocycles. The Morgan fingerprint density at radius 3 is 2.38 bits per heavy atom. The maximum Gasteiger partial charge on any atom is 0.167 e. The van der Waals surface area contributed by atoms with Gasteiger partial charge in [0.1, 0.15) is 11.6 Å². The molecule has 6 heteroatoms. The lowest BCUT2D eigenvalue weighted by molar-refractivity contribution is 0.322. The predicted octanol–water partition coefficient (Wildman–Crippen LogP) is 4.14. The highest BCUT2D eigenvalue weighted by molar-refractivity contribution is 5.74. The third kappa shape index (κ3) is 3.21. The Labute approximate surface area is 120 Å². The van der Waals surface area contributed by atoms with Gasteiger partial charge in [-0.2, -0.15) is 0 Å². The molecule has 21 heavy (non-hydrogen) atoms. The highest BCUT2D eigenvalue weighted by atomic mass is 19.1. The minimum absolute atomic E-state index is 0.0119. The standard InChI is InChI=1S/C15H15F3N2O/c1-3-21-15-7-14(12(19)5-11(15)18)20-13-6-9(16)8(2)4-10(13)17/h4-7,20H,3,19H2,1-2H3. The summed E-state index contributed by atoms with van der Waals surface area (Å²) in [6.45, 7) is 3.44. The zero-order valence-corrected chi connectivity index (χ0v) is 11.6. The normalized spacial score (nSPS) is 10.5. The zero-order chi connectivity index (χ0) is 15.6. The van der Waals surface area contributed by atoms with E-state index in [1.54, 1.807) is 6.92 Å². The minimum Gasteiger partial charge on any atom is -0.491 e. The molecule has 0 unspecified atom stereocenters. The van der Waals surface area contributed by atoms with Crippen molar-refractivity contribution in [2.75, 3.05) is 17.7 Å². The molecule has 0 aliphatic heterocycles. The quantitative estimate of drug-likeness (QED) is 0.834. The molecule has 2 aromatic rings. The molecule has 0 spiro atoms. The van der Waals surface area contributed by atoms with Crippen LogP contribution in [0.3, 0.4) is 0 Å². The number of benzene rings is 2. The highest BCUT2D eigenvalue weighted by Crippen LogP contribution is 2.32. The summed E-state index contributed by atoms with van der Waals surface area (Å²) in [6.07, 6.45) is 0. The van der Waals surface area contributed by atoms with Gasteiger partial charge < -0.3 is 15.8 Å². The lowest BCUT2D eigenvalue weighted by Gasteiger charge is -2.13. The average molecular weight is 296 g/mol. The average Bonchev–Trinajstić information content (AvgIpc) is 2.41. The molecule has 0 aliphatic carbocycles. The summed E-state index contributed by atoms with van der Waals surface area (Å²) < 4.78 is 46.0. The summed E-state index contributed by atoms with van der Waals surface area (Å²) in [5.41, 5.74) is 6.09. The van der Waals surface area contributed by atoms with Crippen molar-refractivity contribution in [3.63, 3.8) is 0 Å². The van der Waals surface area contributed by atoms with Crippen LogP contribution in [0, 0.1) is 24.4 Å². The van der Waals surface area contributed by atoms with Crippen LogP contribution >= 0.6 is 0 Å². The number of halogens is 3. The Kier molecular flexibility index (Phi) is 4.26. The molecule has 112 valence electrons. The second-order valence-electron chi connectivity index (χ2n) is 4.51. The van der Waals surface area contributed by atoms with Crippen LogP contribution in [0.5, 0.6) is 5.75 Å². The Morgan fingerprint density at radius 1 is 1.00 bits per heavy atom. The van der Waals surface area contributed by atoms with Crippen LogP contribution in [0.25, 0.3) is 0 Å². The number of rotatable bonds is 4. The number of nitrogens with one attached hydrogen (secondary N) is 1. The van der Waals surface area contributed by atoms with Crippen molar-refractivity contribution in [1.82, 2.24) is 0 Å². The molecule has 0 bridgehead atoms. The summed E-state index contributed by atoms with van der Waals surface area (Å²) in [5, 5.41) is 2.65. The first-order chi connectivity index (χ1) is 9.92. The van der Waals surface area contributed by atoms with Crippen molar-refractivity contribution in [2.24, 2.45) is 0 Å². The van der Waals surface area contributed by atoms with Crippen LogP contribution < -0.4 is 15.8 Å². The maximum absolute atomic E-state index is 13.8. The van der Waals surface area contributed by atoms with E-state index in [4.69, 9.17) is 10.5 Å². The third-order valence-electron chi connectivity index (χ3n) is 2.92. The molecule has 3 N–H and O–H groups in total. The van der Waals surface area contributed by atoms with E-state index in [1.807, 2.05) is 0 Å². The molecule has 0 aromatic heterocycles. The molecule has 2 aromatic carbocycles. The molecule has 0 amide bonds. The van der Waals surface area contributed by atoms with E-state index in [0.717, 1.165) is 18.2 Å². The number of nitrogens with two attached hydrogens (primary N) is 1. The van der Waals surface area contributed by atoms with E-state index >= 15 is 0 Å². The SMILES string of the molecule is CCOc1cc(Nc2cc(F)c(C)cc2F)c(N)cc1F. The first-order valence-electron chi connectivity index (χ1n) is 6.36. The van der Waals surface area contributed by atoms with E-state index in [0.29, 0.717) is 0 Å². The van der Waals surface area contributed by atoms with Crippen molar-refractivity contribution in [3.05, 3.63) is 47.3 Å². The fourth-order valence-electron chi connectivity index (χ4n) is 1.83. The van der Waals surface area contributed by atoms with Crippen LogP contribution in [-0.2, 0) is 0 Å². The van der Waals surface area contributed by atoms with E-state index in [-0.39, 0.29) is 35.0 Å². The second-order valence-corrected chi connectivity index (χ2v) is 4.51. The van der Waals surface area contributed by atoms with Crippen molar-refractivity contribution in [1.29, 1.82) is 0 Å². The number of hydrogen-bond acceptors (Lipinski definition) is 3. The van der Waals surface area contributed by atoms with E-state index < -0.39 is 17.5 Å². The van der Waals surface area contributed by atoms with Gasteiger partial charge in [-0.05, 0) is 25.5 Å². The number of aryl methyl sites for hydroxylation is 1. The van der Waals surface area contributed by atoms with Crippen LogP contribution in [-0.4, -0.2) is 6.61 Å². The van der Waals surface area contributed by atoms with Crippen LogP contribution in [0.4, 0.5) is 30.2 Å². The maximum atomic E-state index is 13.8. The van der Waals surface area contributed by atoms with Crippen molar-refractivity contribution < 1.29 is 17.9 Å². The van der Waals surface area contributed by atoms with Gasteiger partial charge in [-0.15, -0.1) is 0 Å². The number of ether oxygens (including phenoxy) is 1. The summed E-state index contributed by atoms with van der Waals surface area (Å²) in [6, 6.07) is 4.47. The monoisotopic (exact) mass is 296 g/mol. The molecule has 0 atom stereocenters. The van der Waals surface area contributed by atoms with E-state index in [1.165, 1.54) is 13.0 Å². The van der Waals surface area contributed by atoms with E-state index in [9.17, 15) is 13.2 Å². The van der Waals surface area contributed by atoms with Crippen molar-refractivity contribution in [3.8, 4) is 5.75 Å². The lowest BCUT2D eigenvalue weighted by atomic mass is 10.2. The first kappa shape index (κ1) is 15.0. The Balaban J connectivity index is 2.39. The first-order valence-corrected chi connectivity index (χ1v) is 6.36. The van der Waals surface area contributed by atoms with Gasteiger partial charge >= 0.3 is 0 Å².